The number of rotatable bonds is 7. The van der Waals surface area contributed by atoms with E-state index in [9.17, 15) is 24.8 Å². The van der Waals surface area contributed by atoms with Crippen molar-refractivity contribution in [2.75, 3.05) is 24.7 Å². The van der Waals surface area contributed by atoms with Crippen LogP contribution in [0.2, 0.25) is 0 Å². The van der Waals surface area contributed by atoms with Crippen molar-refractivity contribution in [2.24, 2.45) is 12.5 Å². The Morgan fingerprint density at radius 2 is 1.91 bits per heavy atom. The molecule has 3 N–H and O–H groups in total. The van der Waals surface area contributed by atoms with Crippen LogP contribution < -0.4 is 21.5 Å². The van der Waals surface area contributed by atoms with Crippen molar-refractivity contribution < 1.29 is 9.90 Å². The van der Waals surface area contributed by atoms with Crippen LogP contribution in [0.25, 0.3) is 0 Å². The number of nitrogens with one attached hydrogen (secondary N) is 2. The number of anilines is 3. The van der Waals surface area contributed by atoms with Gasteiger partial charge in [-0.3, -0.25) is 19.1 Å². The number of amides is 1. The lowest BCUT2D eigenvalue weighted by molar-refractivity contribution is 0.0819. The summed E-state index contributed by atoms with van der Waals surface area (Å²) in [5.74, 6) is -0.941. The number of nitrogens with zero attached hydrogens (tertiary/aromatic N) is 5. The summed E-state index contributed by atoms with van der Waals surface area (Å²) < 4.78 is 1.56. The molecule has 1 aromatic carbocycles. The van der Waals surface area contributed by atoms with Gasteiger partial charge in [-0.1, -0.05) is 19.8 Å². The van der Waals surface area contributed by atoms with Gasteiger partial charge in [-0.15, -0.1) is 0 Å². The molecule has 2 aromatic heterocycles. The Labute approximate surface area is 201 Å². The summed E-state index contributed by atoms with van der Waals surface area (Å²) in [7, 11) is 4.78. The largest absolute Gasteiger partial charge is 0.504 e. The lowest BCUT2D eigenvalue weighted by atomic mass is 9.78. The van der Waals surface area contributed by atoms with Crippen molar-refractivity contribution >= 4 is 23.0 Å². The van der Waals surface area contributed by atoms with Crippen LogP contribution in [0, 0.1) is 16.7 Å². The molecule has 11 nitrogen and oxygen atoms in total. The Kier molecular flexibility index (Phi) is 6.06. The number of hydrogen-bond donors (Lipinski definition) is 3. The Morgan fingerprint density at radius 3 is 2.54 bits per heavy atom. The maximum absolute atomic E-state index is 12.6. The van der Waals surface area contributed by atoms with Crippen LogP contribution in [0.4, 0.5) is 17.1 Å². The van der Waals surface area contributed by atoms with E-state index in [1.165, 1.54) is 31.3 Å². The van der Waals surface area contributed by atoms with Crippen LogP contribution in [0.3, 0.4) is 0 Å². The van der Waals surface area contributed by atoms with Crippen LogP contribution in [-0.4, -0.2) is 44.8 Å². The molecule has 1 atom stereocenters. The highest BCUT2D eigenvalue weighted by molar-refractivity contribution is 5.97. The van der Waals surface area contributed by atoms with Gasteiger partial charge >= 0.3 is 0 Å². The minimum atomic E-state index is -0.749. The van der Waals surface area contributed by atoms with Crippen molar-refractivity contribution in [3.05, 3.63) is 55.9 Å². The Bertz CT molecular complexity index is 1400. The second kappa shape index (κ2) is 8.87. The summed E-state index contributed by atoms with van der Waals surface area (Å²) in [5, 5.41) is 30.8. The molecule has 0 spiro atoms. The number of pyridine rings is 1. The molecule has 35 heavy (non-hydrogen) atoms. The third kappa shape index (κ3) is 4.12. The van der Waals surface area contributed by atoms with Gasteiger partial charge in [0.2, 0.25) is 0 Å². The zero-order chi connectivity index (χ0) is 25.5. The molecule has 1 unspecified atom stereocenters. The first-order chi connectivity index (χ1) is 16.6. The standard InChI is InChI=1S/C24H27N7O4/c1-24(8-5-6-9-24)22(15-13(11-25)12-31(4)29-15)28-17-16(20(33)21(17)34)27-14-7-10-26-18(19(14)32)23(35)30(2)3/h7,10,12,22,28,32H,5-6,8-9H2,1-4H3,(H,26,27). The van der Waals surface area contributed by atoms with E-state index < -0.39 is 28.6 Å². The maximum Gasteiger partial charge on any atom is 0.275 e. The number of carbonyl (C=O) groups is 1. The second-order valence-electron chi connectivity index (χ2n) is 9.44. The van der Waals surface area contributed by atoms with Gasteiger partial charge < -0.3 is 20.6 Å². The number of hydrogen-bond acceptors (Lipinski definition) is 9. The topological polar surface area (TPSA) is 153 Å². The average molecular weight is 478 g/mol. The molecule has 1 saturated carbocycles. The summed E-state index contributed by atoms with van der Waals surface area (Å²) in [4.78, 5) is 42.6. The van der Waals surface area contributed by atoms with E-state index in [1.807, 2.05) is 0 Å². The van der Waals surface area contributed by atoms with E-state index >= 15 is 0 Å². The molecule has 2 heterocycles. The SMILES string of the molecule is CN(C)C(=O)c1nccc(Nc2c(NC(c3nn(C)cc3C#N)C3(C)CCCC3)c(=O)c2=O)c1O. The molecular formula is C24H27N7O4. The zero-order valence-corrected chi connectivity index (χ0v) is 20.0. The highest BCUT2D eigenvalue weighted by Gasteiger charge is 2.42. The average Bonchev–Trinajstić information content (AvgIpc) is 3.44. The minimum absolute atomic E-state index is 0.0270. The number of aromatic nitrogens is 3. The summed E-state index contributed by atoms with van der Waals surface area (Å²) in [6, 6.07) is 3.09. The van der Waals surface area contributed by atoms with Crippen LogP contribution in [0.1, 0.15) is 60.4 Å². The van der Waals surface area contributed by atoms with E-state index in [-0.39, 0.29) is 28.2 Å². The van der Waals surface area contributed by atoms with E-state index in [0.717, 1.165) is 25.7 Å². The molecule has 1 amide bonds. The normalized spacial score (nSPS) is 15.5. The summed E-state index contributed by atoms with van der Waals surface area (Å²) in [6.07, 6.45) is 6.70. The van der Waals surface area contributed by atoms with Crippen LogP contribution >= 0.6 is 0 Å². The van der Waals surface area contributed by atoms with Gasteiger partial charge in [-0.25, -0.2) is 4.98 Å². The highest BCUT2D eigenvalue weighted by Crippen LogP contribution is 2.49. The molecule has 11 heteroatoms. The van der Waals surface area contributed by atoms with E-state index in [1.54, 1.807) is 17.9 Å². The predicted molar refractivity (Wildman–Crippen MR) is 129 cm³/mol. The van der Waals surface area contributed by atoms with Crippen LogP contribution in [0.5, 0.6) is 5.75 Å². The molecular weight excluding hydrogens is 450 g/mol. The molecule has 4 rings (SSSR count). The first-order valence-corrected chi connectivity index (χ1v) is 11.3. The van der Waals surface area contributed by atoms with Gasteiger partial charge in [0.05, 0.1) is 17.3 Å². The number of aromatic hydroxyl groups is 1. The first kappa shape index (κ1) is 23.9. The third-order valence-corrected chi connectivity index (χ3v) is 6.69. The van der Waals surface area contributed by atoms with Crippen LogP contribution in [-0.2, 0) is 7.05 Å². The quantitative estimate of drug-likeness (QED) is 0.434. The fourth-order valence-corrected chi connectivity index (χ4v) is 4.70. The molecule has 1 aliphatic rings. The third-order valence-electron chi connectivity index (χ3n) is 6.69. The van der Waals surface area contributed by atoms with Crippen molar-refractivity contribution in [2.45, 2.75) is 38.6 Å². The minimum Gasteiger partial charge on any atom is -0.504 e. The van der Waals surface area contributed by atoms with Gasteiger partial charge in [0, 0.05) is 33.5 Å². The highest BCUT2D eigenvalue weighted by atomic mass is 16.3. The maximum atomic E-state index is 12.6. The second-order valence-corrected chi connectivity index (χ2v) is 9.44. The number of aryl methyl sites for hydroxylation is 1. The van der Waals surface area contributed by atoms with Gasteiger partial charge in [0.1, 0.15) is 23.1 Å². The van der Waals surface area contributed by atoms with E-state index in [0.29, 0.717) is 11.3 Å². The van der Waals surface area contributed by atoms with Crippen molar-refractivity contribution in [3.63, 3.8) is 0 Å². The first-order valence-electron chi connectivity index (χ1n) is 11.3. The van der Waals surface area contributed by atoms with Gasteiger partial charge in [-0.2, -0.15) is 10.4 Å². The molecule has 182 valence electrons. The fraction of sp³-hybridized carbons (Fsp3) is 0.417. The lowest BCUT2D eigenvalue weighted by Crippen LogP contribution is -2.40. The number of nitriles is 1. The Morgan fingerprint density at radius 1 is 1.26 bits per heavy atom. The Balaban J connectivity index is 1.72. The Hall–Kier alpha value is -4.20. The van der Waals surface area contributed by atoms with E-state index in [2.05, 4.69) is 33.7 Å². The molecule has 0 saturated heterocycles. The van der Waals surface area contributed by atoms with Gasteiger partial charge in [-0.05, 0) is 24.3 Å². The molecule has 1 aliphatic carbocycles. The fourth-order valence-electron chi connectivity index (χ4n) is 4.70. The number of carbonyl (C=O) groups excluding carboxylic acids is 1. The smallest absolute Gasteiger partial charge is 0.275 e. The zero-order valence-electron chi connectivity index (χ0n) is 20.0. The molecule has 1 fully saturated rings. The summed E-state index contributed by atoms with van der Waals surface area (Å²) in [6.45, 7) is 2.08. The van der Waals surface area contributed by atoms with Gasteiger partial charge in [0.25, 0.3) is 16.8 Å². The monoisotopic (exact) mass is 477 g/mol. The van der Waals surface area contributed by atoms with Crippen molar-refractivity contribution in [1.29, 1.82) is 5.26 Å². The molecule has 0 aliphatic heterocycles. The summed E-state index contributed by atoms with van der Waals surface area (Å²) in [5.41, 5.74) is -0.917. The van der Waals surface area contributed by atoms with Gasteiger partial charge in [0.15, 0.2) is 11.4 Å². The van der Waals surface area contributed by atoms with E-state index in [4.69, 9.17) is 0 Å². The van der Waals surface area contributed by atoms with Crippen molar-refractivity contribution in [3.8, 4) is 11.8 Å². The van der Waals surface area contributed by atoms with Crippen molar-refractivity contribution in [1.82, 2.24) is 19.7 Å². The summed E-state index contributed by atoms with van der Waals surface area (Å²) >= 11 is 0. The lowest BCUT2D eigenvalue weighted by Gasteiger charge is -2.35. The predicted octanol–water partition coefficient (Wildman–Crippen LogP) is 2.17. The molecule has 0 radical (unpaired) electrons. The molecule has 3 aromatic rings. The van der Waals surface area contributed by atoms with Crippen LogP contribution in [0.15, 0.2) is 28.0 Å². The molecule has 0 bridgehead atoms.